The van der Waals surface area contributed by atoms with Gasteiger partial charge in [-0.05, 0) is 22.0 Å². The summed E-state index contributed by atoms with van der Waals surface area (Å²) in [6.45, 7) is 1.22. The molecule has 0 atom stereocenters. The molecule has 1 aromatic rings. The highest BCUT2D eigenvalue weighted by Crippen LogP contribution is 2.15. The van der Waals surface area contributed by atoms with Gasteiger partial charge >= 0.3 is 0 Å². The van der Waals surface area contributed by atoms with Crippen LogP contribution in [-0.4, -0.2) is 32.0 Å². The Morgan fingerprint density at radius 3 is 2.81 bits per heavy atom. The molecule has 0 aliphatic heterocycles. The van der Waals surface area contributed by atoms with Crippen LogP contribution in [0.1, 0.15) is 5.56 Å². The minimum atomic E-state index is -0.249. The first-order valence-electron chi connectivity index (χ1n) is 4.83. The van der Waals surface area contributed by atoms with Gasteiger partial charge in [-0.3, -0.25) is 0 Å². The number of nitrogen functional groups attached to an aromatic ring is 1. The quantitative estimate of drug-likeness (QED) is 0.769. The van der Waals surface area contributed by atoms with E-state index in [2.05, 4.69) is 26.2 Å². The lowest BCUT2D eigenvalue weighted by Gasteiger charge is -2.14. The SMILES string of the molecule is COC(CNCc1cc(Br)cnc1N)OC. The van der Waals surface area contributed by atoms with E-state index in [0.717, 1.165) is 10.0 Å². The molecule has 6 heteroatoms. The molecule has 16 heavy (non-hydrogen) atoms. The minimum absolute atomic E-state index is 0.249. The number of pyridine rings is 1. The Balaban J connectivity index is 2.45. The average molecular weight is 290 g/mol. The maximum Gasteiger partial charge on any atom is 0.169 e. The molecule has 1 rings (SSSR count). The number of nitrogens with two attached hydrogens (primary N) is 1. The molecule has 0 radical (unpaired) electrons. The normalized spacial score (nSPS) is 11.0. The Hall–Kier alpha value is -0.690. The summed E-state index contributed by atoms with van der Waals surface area (Å²) in [5, 5.41) is 3.18. The highest BCUT2D eigenvalue weighted by Gasteiger charge is 2.05. The van der Waals surface area contributed by atoms with Gasteiger partial charge in [0.1, 0.15) is 5.82 Å². The van der Waals surface area contributed by atoms with Crippen LogP contribution in [0.15, 0.2) is 16.7 Å². The van der Waals surface area contributed by atoms with Gasteiger partial charge in [0.15, 0.2) is 6.29 Å². The third-order valence-electron chi connectivity index (χ3n) is 2.12. The molecule has 1 aromatic heterocycles. The number of methoxy groups -OCH3 is 2. The standard InChI is InChI=1S/C10H16BrN3O2/c1-15-9(16-2)6-13-4-7-3-8(11)5-14-10(7)12/h3,5,9,13H,4,6H2,1-2H3,(H2,12,14). The summed E-state index contributed by atoms with van der Waals surface area (Å²) in [7, 11) is 3.20. The van der Waals surface area contributed by atoms with Crippen LogP contribution >= 0.6 is 15.9 Å². The van der Waals surface area contributed by atoms with Gasteiger partial charge in [-0.2, -0.15) is 0 Å². The summed E-state index contributed by atoms with van der Waals surface area (Å²) in [5.74, 6) is 0.530. The molecule has 1 heterocycles. The zero-order valence-corrected chi connectivity index (χ0v) is 11.0. The van der Waals surface area contributed by atoms with E-state index < -0.39 is 0 Å². The van der Waals surface area contributed by atoms with Crippen LogP contribution in [0.3, 0.4) is 0 Å². The number of halogens is 1. The van der Waals surface area contributed by atoms with Gasteiger partial charge in [-0.1, -0.05) is 0 Å². The number of hydrogen-bond donors (Lipinski definition) is 2. The molecule has 0 aromatic carbocycles. The maximum atomic E-state index is 5.74. The molecule has 0 saturated heterocycles. The highest BCUT2D eigenvalue weighted by molar-refractivity contribution is 9.10. The Bertz CT molecular complexity index is 332. The Labute approximate surface area is 103 Å². The third kappa shape index (κ3) is 4.05. The van der Waals surface area contributed by atoms with Crippen molar-refractivity contribution in [3.05, 3.63) is 22.3 Å². The van der Waals surface area contributed by atoms with E-state index in [-0.39, 0.29) is 6.29 Å². The molecular formula is C10H16BrN3O2. The maximum absolute atomic E-state index is 5.74. The molecule has 0 amide bonds. The second kappa shape index (κ2) is 6.80. The number of rotatable bonds is 6. The molecule has 0 fully saturated rings. The van der Waals surface area contributed by atoms with Crippen LogP contribution in [0, 0.1) is 0 Å². The molecular weight excluding hydrogens is 274 g/mol. The van der Waals surface area contributed by atoms with E-state index in [1.807, 2.05) is 6.07 Å². The van der Waals surface area contributed by atoms with Crippen molar-refractivity contribution in [2.75, 3.05) is 26.5 Å². The van der Waals surface area contributed by atoms with E-state index in [1.54, 1.807) is 20.4 Å². The number of hydrogen-bond acceptors (Lipinski definition) is 5. The zero-order valence-electron chi connectivity index (χ0n) is 9.37. The van der Waals surface area contributed by atoms with Gasteiger partial charge in [0, 0.05) is 43.5 Å². The van der Waals surface area contributed by atoms with Crippen molar-refractivity contribution in [3.8, 4) is 0 Å². The van der Waals surface area contributed by atoms with E-state index in [4.69, 9.17) is 15.2 Å². The summed E-state index contributed by atoms with van der Waals surface area (Å²) < 4.78 is 11.0. The highest BCUT2D eigenvalue weighted by atomic mass is 79.9. The van der Waals surface area contributed by atoms with E-state index in [9.17, 15) is 0 Å². The lowest BCUT2D eigenvalue weighted by molar-refractivity contribution is -0.0989. The summed E-state index contributed by atoms with van der Waals surface area (Å²) in [5.41, 5.74) is 6.68. The Morgan fingerprint density at radius 2 is 2.19 bits per heavy atom. The first-order valence-corrected chi connectivity index (χ1v) is 5.63. The molecule has 0 aliphatic rings. The second-order valence-electron chi connectivity index (χ2n) is 3.23. The molecule has 0 unspecified atom stereocenters. The van der Waals surface area contributed by atoms with Gasteiger partial charge in [0.2, 0.25) is 0 Å². The molecule has 0 bridgehead atoms. The summed E-state index contributed by atoms with van der Waals surface area (Å²) >= 11 is 3.35. The predicted molar refractivity (Wildman–Crippen MR) is 65.9 cm³/mol. The predicted octanol–water partition coefficient (Wildman–Crippen LogP) is 1.13. The lowest BCUT2D eigenvalue weighted by atomic mass is 10.2. The third-order valence-corrected chi connectivity index (χ3v) is 2.55. The zero-order chi connectivity index (χ0) is 12.0. The van der Waals surface area contributed by atoms with Crippen molar-refractivity contribution >= 4 is 21.7 Å². The first kappa shape index (κ1) is 13.4. The minimum Gasteiger partial charge on any atom is -0.383 e. The summed E-state index contributed by atoms with van der Waals surface area (Å²) in [6.07, 6.45) is 1.42. The van der Waals surface area contributed by atoms with Crippen LogP contribution in [0.2, 0.25) is 0 Å². The summed E-state index contributed by atoms with van der Waals surface area (Å²) in [6, 6.07) is 1.93. The molecule has 90 valence electrons. The summed E-state index contributed by atoms with van der Waals surface area (Å²) in [4.78, 5) is 4.05. The van der Waals surface area contributed by atoms with Crippen LogP contribution in [0.4, 0.5) is 5.82 Å². The van der Waals surface area contributed by atoms with Crippen LogP contribution < -0.4 is 11.1 Å². The fraction of sp³-hybridized carbons (Fsp3) is 0.500. The van der Waals surface area contributed by atoms with Gasteiger partial charge < -0.3 is 20.5 Å². The van der Waals surface area contributed by atoms with E-state index in [0.29, 0.717) is 18.9 Å². The fourth-order valence-electron chi connectivity index (χ4n) is 1.22. The molecule has 5 nitrogen and oxygen atoms in total. The molecule has 3 N–H and O–H groups in total. The number of aromatic nitrogens is 1. The Morgan fingerprint density at radius 1 is 1.50 bits per heavy atom. The van der Waals surface area contributed by atoms with Crippen molar-refractivity contribution in [3.63, 3.8) is 0 Å². The smallest absolute Gasteiger partial charge is 0.169 e. The van der Waals surface area contributed by atoms with Gasteiger partial charge in [0.25, 0.3) is 0 Å². The molecule has 0 spiro atoms. The van der Waals surface area contributed by atoms with E-state index in [1.165, 1.54) is 0 Å². The van der Waals surface area contributed by atoms with Gasteiger partial charge in [0.05, 0.1) is 0 Å². The van der Waals surface area contributed by atoms with Crippen LogP contribution in [-0.2, 0) is 16.0 Å². The van der Waals surface area contributed by atoms with E-state index >= 15 is 0 Å². The van der Waals surface area contributed by atoms with Crippen molar-refractivity contribution in [1.29, 1.82) is 0 Å². The van der Waals surface area contributed by atoms with Crippen molar-refractivity contribution < 1.29 is 9.47 Å². The van der Waals surface area contributed by atoms with Crippen LogP contribution in [0.25, 0.3) is 0 Å². The largest absolute Gasteiger partial charge is 0.383 e. The lowest BCUT2D eigenvalue weighted by Crippen LogP contribution is -2.29. The molecule has 0 saturated carbocycles. The first-order chi connectivity index (χ1) is 7.67. The van der Waals surface area contributed by atoms with Crippen LogP contribution in [0.5, 0.6) is 0 Å². The monoisotopic (exact) mass is 289 g/mol. The van der Waals surface area contributed by atoms with Gasteiger partial charge in [-0.15, -0.1) is 0 Å². The number of nitrogens with one attached hydrogen (secondary N) is 1. The van der Waals surface area contributed by atoms with Gasteiger partial charge in [-0.25, -0.2) is 4.98 Å². The number of anilines is 1. The number of ether oxygens (including phenoxy) is 2. The van der Waals surface area contributed by atoms with Crippen molar-refractivity contribution in [2.45, 2.75) is 12.8 Å². The molecule has 0 aliphatic carbocycles. The topological polar surface area (TPSA) is 69.4 Å². The average Bonchev–Trinajstić information content (AvgIpc) is 2.29. The fourth-order valence-corrected chi connectivity index (χ4v) is 1.60. The second-order valence-corrected chi connectivity index (χ2v) is 4.15. The van der Waals surface area contributed by atoms with Crippen molar-refractivity contribution in [1.82, 2.24) is 10.3 Å². The number of nitrogens with zero attached hydrogens (tertiary/aromatic N) is 1. The Kier molecular flexibility index (Phi) is 5.68. The van der Waals surface area contributed by atoms with Crippen molar-refractivity contribution in [2.24, 2.45) is 0 Å².